The third-order valence-corrected chi connectivity index (χ3v) is 5.79. The summed E-state index contributed by atoms with van der Waals surface area (Å²) in [5.74, 6) is 0.261. The second-order valence-corrected chi connectivity index (χ2v) is 7.17. The van der Waals surface area contributed by atoms with Crippen LogP contribution in [0.25, 0.3) is 0 Å². The summed E-state index contributed by atoms with van der Waals surface area (Å²) in [5, 5.41) is 9.58. The number of hydrogen-bond acceptors (Lipinski definition) is 5. The van der Waals surface area contributed by atoms with E-state index in [1.54, 1.807) is 33.5 Å². The summed E-state index contributed by atoms with van der Waals surface area (Å²) in [7, 11) is 2.31. The lowest BCUT2D eigenvalue weighted by Gasteiger charge is -2.24. The average molecular weight is 286 g/mol. The van der Waals surface area contributed by atoms with Crippen LogP contribution in [-0.4, -0.2) is 41.8 Å². The molecule has 1 aromatic carbocycles. The summed E-state index contributed by atoms with van der Waals surface area (Å²) >= 11 is 0. The zero-order valence-corrected chi connectivity index (χ0v) is 12.7. The lowest BCUT2D eigenvalue weighted by atomic mass is 10.2. The smallest absolute Gasteiger partial charge is 0.500 e. The molecule has 1 N–H and O–H groups in total. The first-order valence-electron chi connectivity index (χ1n) is 6.17. The van der Waals surface area contributed by atoms with Crippen LogP contribution in [0.4, 0.5) is 0 Å². The van der Waals surface area contributed by atoms with Crippen molar-refractivity contribution in [3.05, 3.63) is 29.8 Å². The van der Waals surface area contributed by atoms with Crippen molar-refractivity contribution in [1.82, 2.24) is 0 Å². The first-order valence-corrected chi connectivity index (χ1v) is 8.10. The lowest BCUT2D eigenvalue weighted by molar-refractivity contribution is 0.100. The molecule has 5 nitrogen and oxygen atoms in total. The Labute approximate surface area is 115 Å². The minimum absolute atomic E-state index is 0.261. The molecule has 0 spiro atoms. The maximum Gasteiger partial charge on any atom is 0.500 e. The van der Waals surface area contributed by atoms with E-state index in [1.807, 2.05) is 12.1 Å². The zero-order chi connectivity index (χ0) is 14.1. The molecule has 6 heteroatoms. The normalized spacial score (nSPS) is 11.7. The van der Waals surface area contributed by atoms with E-state index in [2.05, 4.69) is 0 Å². The molecule has 0 saturated heterocycles. The number of hydrogen-bond donors (Lipinski definition) is 1. The van der Waals surface area contributed by atoms with Crippen molar-refractivity contribution in [2.24, 2.45) is 0 Å². The monoisotopic (exact) mass is 286 g/mol. The summed E-state index contributed by atoms with van der Waals surface area (Å²) in [6.07, 6.45) is 0.787. The minimum Gasteiger partial charge on any atom is -0.508 e. The molecule has 1 aromatic rings. The highest BCUT2D eigenvalue weighted by Gasteiger charge is 2.36. The number of para-hydroxylation sites is 1. The van der Waals surface area contributed by atoms with Gasteiger partial charge in [-0.2, -0.15) is 0 Å². The Kier molecular flexibility index (Phi) is 7.04. The summed E-state index contributed by atoms with van der Waals surface area (Å²) in [6, 6.07) is 7.86. The Morgan fingerprint density at radius 2 is 1.68 bits per heavy atom. The zero-order valence-electron chi connectivity index (χ0n) is 11.7. The molecule has 0 aromatic heterocycles. The third kappa shape index (κ3) is 4.92. The van der Waals surface area contributed by atoms with Crippen LogP contribution in [0.3, 0.4) is 0 Å². The van der Waals surface area contributed by atoms with Crippen molar-refractivity contribution < 1.29 is 23.1 Å². The molecule has 0 aliphatic rings. The van der Waals surface area contributed by atoms with Gasteiger partial charge < -0.3 is 23.1 Å². The van der Waals surface area contributed by atoms with Crippen molar-refractivity contribution in [1.29, 1.82) is 0 Å². The Balaban J connectivity index is 2.26. The van der Waals surface area contributed by atoms with E-state index in [0.717, 1.165) is 12.0 Å². The van der Waals surface area contributed by atoms with Gasteiger partial charge in [0.15, 0.2) is 0 Å². The second-order valence-electron chi connectivity index (χ2n) is 4.08. The van der Waals surface area contributed by atoms with Gasteiger partial charge in [-0.25, -0.2) is 0 Å². The minimum atomic E-state index is -2.49. The molecule has 0 aliphatic carbocycles. The van der Waals surface area contributed by atoms with Gasteiger partial charge in [0.2, 0.25) is 0 Å². The Bertz CT molecular complexity index is 360. The van der Waals surface area contributed by atoms with E-state index in [-0.39, 0.29) is 5.75 Å². The Morgan fingerprint density at radius 3 is 2.26 bits per heavy atom. The molecular formula is C13H22O5Si. The molecule has 0 saturated carbocycles. The predicted molar refractivity (Wildman–Crippen MR) is 74.0 cm³/mol. The number of phenols is 1. The van der Waals surface area contributed by atoms with Crippen molar-refractivity contribution >= 4 is 8.80 Å². The van der Waals surface area contributed by atoms with Crippen molar-refractivity contribution in [2.45, 2.75) is 19.1 Å². The molecule has 0 heterocycles. The lowest BCUT2D eigenvalue weighted by Crippen LogP contribution is -2.42. The van der Waals surface area contributed by atoms with Crippen LogP contribution in [-0.2, 0) is 24.6 Å². The fraction of sp³-hybridized carbons (Fsp3) is 0.538. The molecule has 0 unspecified atom stereocenters. The topological polar surface area (TPSA) is 57.2 Å². The van der Waals surface area contributed by atoms with Gasteiger partial charge in [0.05, 0.1) is 6.61 Å². The maximum atomic E-state index is 9.58. The quantitative estimate of drug-likeness (QED) is 0.557. The van der Waals surface area contributed by atoms with Gasteiger partial charge in [0, 0.05) is 39.5 Å². The van der Waals surface area contributed by atoms with Crippen LogP contribution in [0, 0.1) is 0 Å². The number of ether oxygens (including phenoxy) is 1. The fourth-order valence-corrected chi connectivity index (χ4v) is 3.45. The largest absolute Gasteiger partial charge is 0.508 e. The van der Waals surface area contributed by atoms with Crippen LogP contribution in [0.15, 0.2) is 24.3 Å². The third-order valence-electron chi connectivity index (χ3n) is 2.95. The van der Waals surface area contributed by atoms with Crippen LogP contribution >= 0.6 is 0 Å². The molecule has 0 aliphatic heterocycles. The van der Waals surface area contributed by atoms with Crippen molar-refractivity contribution in [3.63, 3.8) is 0 Å². The number of aromatic hydroxyl groups is 1. The SMILES string of the molecule is CO[Si](CCCOCc1ccccc1O)(OC)OC. The van der Waals surface area contributed by atoms with Crippen LogP contribution in [0.2, 0.25) is 6.04 Å². The van der Waals surface area contributed by atoms with Gasteiger partial charge in [-0.3, -0.25) is 0 Å². The molecule has 0 fully saturated rings. The molecule has 108 valence electrons. The second kappa shape index (κ2) is 8.29. The Morgan fingerprint density at radius 1 is 1.05 bits per heavy atom. The van der Waals surface area contributed by atoms with Gasteiger partial charge >= 0.3 is 8.80 Å². The summed E-state index contributed by atoms with van der Waals surface area (Å²) in [6.45, 7) is 0.966. The molecule has 0 bridgehead atoms. The summed E-state index contributed by atoms with van der Waals surface area (Å²) < 4.78 is 21.5. The first-order chi connectivity index (χ1) is 9.17. The molecule has 1 rings (SSSR count). The predicted octanol–water partition coefficient (Wildman–Crippen LogP) is 2.18. The summed E-state index contributed by atoms with van der Waals surface area (Å²) in [5.41, 5.74) is 0.788. The Hall–Kier alpha value is -0.923. The van der Waals surface area contributed by atoms with Gasteiger partial charge in [0.1, 0.15) is 5.75 Å². The fourth-order valence-electron chi connectivity index (χ4n) is 1.76. The molecule has 0 radical (unpaired) electrons. The maximum absolute atomic E-state index is 9.58. The van der Waals surface area contributed by atoms with Gasteiger partial charge in [-0.15, -0.1) is 0 Å². The van der Waals surface area contributed by atoms with E-state index in [1.165, 1.54) is 0 Å². The van der Waals surface area contributed by atoms with E-state index in [0.29, 0.717) is 19.3 Å². The number of benzene rings is 1. The standard InChI is InChI=1S/C13H22O5Si/c1-15-19(16-2,17-3)10-6-9-18-11-12-7-4-5-8-13(12)14/h4-5,7-8,14H,6,9-11H2,1-3H3. The van der Waals surface area contributed by atoms with Gasteiger partial charge in [-0.1, -0.05) is 18.2 Å². The van der Waals surface area contributed by atoms with Crippen LogP contribution in [0.5, 0.6) is 5.75 Å². The van der Waals surface area contributed by atoms with E-state index < -0.39 is 8.80 Å². The van der Waals surface area contributed by atoms with Gasteiger partial charge in [0.25, 0.3) is 0 Å². The molecule has 0 amide bonds. The van der Waals surface area contributed by atoms with Crippen molar-refractivity contribution in [3.8, 4) is 5.75 Å². The van der Waals surface area contributed by atoms with Gasteiger partial charge in [-0.05, 0) is 12.5 Å². The molecule has 0 atom stereocenters. The average Bonchev–Trinajstić information content (AvgIpc) is 2.45. The van der Waals surface area contributed by atoms with E-state index >= 15 is 0 Å². The van der Waals surface area contributed by atoms with Crippen LogP contribution in [0.1, 0.15) is 12.0 Å². The number of rotatable bonds is 9. The van der Waals surface area contributed by atoms with Crippen molar-refractivity contribution in [2.75, 3.05) is 27.9 Å². The molecule has 19 heavy (non-hydrogen) atoms. The van der Waals surface area contributed by atoms with Crippen LogP contribution < -0.4 is 0 Å². The number of phenolic OH excluding ortho intramolecular Hbond substituents is 1. The highest BCUT2D eigenvalue weighted by molar-refractivity contribution is 6.60. The summed E-state index contributed by atoms with van der Waals surface area (Å²) in [4.78, 5) is 0. The van der Waals surface area contributed by atoms with E-state index in [9.17, 15) is 5.11 Å². The first kappa shape index (κ1) is 16.1. The highest BCUT2D eigenvalue weighted by atomic mass is 28.4. The van der Waals surface area contributed by atoms with E-state index in [4.69, 9.17) is 18.0 Å². The highest BCUT2D eigenvalue weighted by Crippen LogP contribution is 2.18. The molecular weight excluding hydrogens is 264 g/mol.